The van der Waals surface area contributed by atoms with Crippen LogP contribution in [0.2, 0.25) is 0 Å². The Labute approximate surface area is 102 Å². The van der Waals surface area contributed by atoms with Gasteiger partial charge in [-0.1, -0.05) is 13.3 Å². The SMILES string of the molecule is CCCC1=C(O)C(C(=O)O)N(C=P)C(=O)[C@@H]1C. The lowest BCUT2D eigenvalue weighted by atomic mass is 9.88. The van der Waals surface area contributed by atoms with Crippen molar-refractivity contribution in [3.8, 4) is 0 Å². The van der Waals surface area contributed by atoms with Crippen LogP contribution in [-0.2, 0) is 9.59 Å². The van der Waals surface area contributed by atoms with E-state index in [2.05, 4.69) is 8.86 Å². The van der Waals surface area contributed by atoms with E-state index >= 15 is 0 Å². The molecule has 0 aromatic heterocycles. The van der Waals surface area contributed by atoms with E-state index in [0.717, 1.165) is 11.3 Å². The largest absolute Gasteiger partial charge is 0.509 e. The number of aliphatic hydroxyl groups is 1. The van der Waals surface area contributed by atoms with Crippen molar-refractivity contribution in [2.75, 3.05) is 0 Å². The summed E-state index contributed by atoms with van der Waals surface area (Å²) in [5.74, 6) is -1.07. The van der Waals surface area contributed by atoms with Crippen LogP contribution in [0.4, 0.5) is 0 Å². The Morgan fingerprint density at radius 1 is 1.59 bits per heavy atom. The summed E-state index contributed by atoms with van der Waals surface area (Å²) in [5, 5.41) is 19.1. The molecule has 94 valence electrons. The van der Waals surface area contributed by atoms with Gasteiger partial charge in [0.2, 0.25) is 5.91 Å². The topological polar surface area (TPSA) is 77.8 Å². The Morgan fingerprint density at radius 3 is 2.59 bits per heavy atom. The van der Waals surface area contributed by atoms with Crippen molar-refractivity contribution in [3.63, 3.8) is 0 Å². The van der Waals surface area contributed by atoms with Crippen molar-refractivity contribution in [2.24, 2.45) is 5.92 Å². The number of aliphatic hydroxyl groups excluding tert-OH is 1. The van der Waals surface area contributed by atoms with Crippen molar-refractivity contribution in [2.45, 2.75) is 32.7 Å². The monoisotopic (exact) mass is 257 g/mol. The maximum Gasteiger partial charge on any atom is 0.334 e. The van der Waals surface area contributed by atoms with Crippen LogP contribution in [-0.4, -0.2) is 39.0 Å². The van der Waals surface area contributed by atoms with Gasteiger partial charge in [-0.15, -0.1) is 8.86 Å². The van der Waals surface area contributed by atoms with Crippen LogP contribution in [0.3, 0.4) is 0 Å². The molecule has 2 atom stereocenters. The minimum atomic E-state index is -1.32. The summed E-state index contributed by atoms with van der Waals surface area (Å²) in [6, 6.07) is -1.32. The zero-order valence-corrected chi connectivity index (χ0v) is 10.8. The highest BCUT2D eigenvalue weighted by Crippen LogP contribution is 2.30. The number of hydrogen-bond donors (Lipinski definition) is 2. The molecule has 0 saturated carbocycles. The van der Waals surface area contributed by atoms with Crippen LogP contribution in [0.25, 0.3) is 0 Å². The fourth-order valence-electron chi connectivity index (χ4n) is 2.02. The van der Waals surface area contributed by atoms with Crippen LogP contribution in [0.5, 0.6) is 0 Å². The predicted molar refractivity (Wildman–Crippen MR) is 66.4 cm³/mol. The molecule has 2 N–H and O–H groups in total. The second-order valence-corrected chi connectivity index (χ2v) is 4.26. The Bertz CT molecular complexity index is 391. The van der Waals surface area contributed by atoms with Gasteiger partial charge in [0.25, 0.3) is 0 Å². The number of amides is 1. The minimum Gasteiger partial charge on any atom is -0.509 e. The average molecular weight is 257 g/mol. The van der Waals surface area contributed by atoms with E-state index in [4.69, 9.17) is 5.11 Å². The number of rotatable bonds is 4. The molecule has 1 rings (SSSR count). The maximum absolute atomic E-state index is 12.0. The molecule has 1 amide bonds. The lowest BCUT2D eigenvalue weighted by Gasteiger charge is -2.34. The van der Waals surface area contributed by atoms with E-state index in [1.165, 1.54) is 5.92 Å². The Hall–Kier alpha value is -1.35. The summed E-state index contributed by atoms with van der Waals surface area (Å²) >= 11 is 0. The zero-order valence-electron chi connectivity index (χ0n) is 9.80. The Morgan fingerprint density at radius 2 is 2.18 bits per heavy atom. The number of aliphatic carboxylic acids is 1. The highest BCUT2D eigenvalue weighted by molar-refractivity contribution is 7.18. The quantitative estimate of drug-likeness (QED) is 0.747. The van der Waals surface area contributed by atoms with Gasteiger partial charge in [0.1, 0.15) is 5.76 Å². The number of carbonyl (C=O) groups is 2. The molecule has 0 bridgehead atoms. The third-order valence-corrected chi connectivity index (χ3v) is 3.18. The van der Waals surface area contributed by atoms with Crippen LogP contribution >= 0.6 is 8.86 Å². The van der Waals surface area contributed by atoms with Crippen LogP contribution in [0.1, 0.15) is 26.7 Å². The van der Waals surface area contributed by atoms with Crippen LogP contribution in [0, 0.1) is 5.92 Å². The minimum absolute atomic E-state index is 0.221. The molecule has 1 aliphatic heterocycles. The highest BCUT2D eigenvalue weighted by atomic mass is 31.0. The van der Waals surface area contributed by atoms with Gasteiger partial charge in [0.15, 0.2) is 6.04 Å². The lowest BCUT2D eigenvalue weighted by Crippen LogP contribution is -2.51. The van der Waals surface area contributed by atoms with E-state index in [9.17, 15) is 14.7 Å². The molecule has 6 heteroatoms. The van der Waals surface area contributed by atoms with E-state index in [0.29, 0.717) is 12.0 Å². The number of carbonyl (C=O) groups excluding carboxylic acids is 1. The van der Waals surface area contributed by atoms with Crippen LogP contribution < -0.4 is 0 Å². The van der Waals surface area contributed by atoms with Gasteiger partial charge in [-0.3, -0.25) is 9.69 Å². The van der Waals surface area contributed by atoms with Gasteiger partial charge in [0.05, 0.1) is 5.92 Å². The third-order valence-electron chi connectivity index (χ3n) is 2.91. The molecule has 0 saturated heterocycles. The molecular weight excluding hydrogens is 241 g/mol. The number of nitrogens with zero attached hydrogens (tertiary/aromatic N) is 1. The standard InChI is InChI=1S/C11H16NO4P/c1-3-4-7-6(2)10(14)12(5-17)8(9(7)13)11(15)16/h5-6,8,13,17H,3-4H2,1-2H3,(H,15,16)/t6-,8?/m1/s1. The molecule has 1 heterocycles. The van der Waals surface area contributed by atoms with Crippen molar-refractivity contribution in [3.05, 3.63) is 11.3 Å². The summed E-state index contributed by atoms with van der Waals surface area (Å²) in [4.78, 5) is 24.1. The molecule has 17 heavy (non-hydrogen) atoms. The van der Waals surface area contributed by atoms with E-state index < -0.39 is 17.9 Å². The average Bonchev–Trinajstić information content (AvgIpc) is 2.28. The molecule has 0 fully saturated rings. The fourth-order valence-corrected chi connectivity index (χ4v) is 2.29. The van der Waals surface area contributed by atoms with E-state index in [1.54, 1.807) is 6.92 Å². The molecule has 0 aromatic rings. The normalized spacial score (nSPS) is 25.1. The summed E-state index contributed by atoms with van der Waals surface area (Å²) in [6.45, 7) is 3.58. The Kier molecular flexibility index (Phi) is 4.29. The van der Waals surface area contributed by atoms with Crippen molar-refractivity contribution >= 4 is 26.7 Å². The first-order chi connectivity index (χ1) is 7.95. The zero-order chi connectivity index (χ0) is 13.2. The summed E-state index contributed by atoms with van der Waals surface area (Å²) < 4.78 is 0. The molecule has 5 nitrogen and oxygen atoms in total. The molecular formula is C11H16NO4P. The lowest BCUT2D eigenvalue weighted by molar-refractivity contribution is -0.148. The second kappa shape index (κ2) is 5.32. The highest BCUT2D eigenvalue weighted by Gasteiger charge is 2.41. The smallest absolute Gasteiger partial charge is 0.334 e. The van der Waals surface area contributed by atoms with Crippen molar-refractivity contribution in [1.82, 2.24) is 4.90 Å². The third kappa shape index (κ3) is 2.34. The van der Waals surface area contributed by atoms with Gasteiger partial charge in [-0.2, -0.15) is 0 Å². The first-order valence-electron chi connectivity index (χ1n) is 5.43. The number of carboxylic acid groups (broad SMARTS) is 1. The summed E-state index contributed by atoms with van der Waals surface area (Å²) in [5.41, 5.74) is 0.523. The first kappa shape index (κ1) is 13.7. The van der Waals surface area contributed by atoms with Crippen molar-refractivity contribution < 1.29 is 19.8 Å². The molecule has 0 aromatic carbocycles. The second-order valence-electron chi connectivity index (χ2n) is 4.00. The van der Waals surface area contributed by atoms with E-state index in [1.807, 2.05) is 6.92 Å². The molecule has 1 unspecified atom stereocenters. The molecule has 0 radical (unpaired) electrons. The van der Waals surface area contributed by atoms with Crippen LogP contribution in [0.15, 0.2) is 11.3 Å². The van der Waals surface area contributed by atoms with Gasteiger partial charge >= 0.3 is 5.97 Å². The molecule has 1 aliphatic rings. The maximum atomic E-state index is 12.0. The van der Waals surface area contributed by atoms with Gasteiger partial charge in [-0.25, -0.2) is 4.79 Å². The van der Waals surface area contributed by atoms with Crippen molar-refractivity contribution in [1.29, 1.82) is 0 Å². The number of carboxylic acids is 1. The predicted octanol–water partition coefficient (Wildman–Crippen LogP) is 1.43. The summed E-state index contributed by atoms with van der Waals surface area (Å²) in [6.07, 6.45) is 1.28. The molecule has 0 spiro atoms. The first-order valence-corrected chi connectivity index (χ1v) is 6.00. The Balaban J connectivity index is 3.28. The van der Waals surface area contributed by atoms with Gasteiger partial charge in [0, 0.05) is 5.92 Å². The molecule has 0 aliphatic carbocycles. The van der Waals surface area contributed by atoms with Gasteiger partial charge in [-0.05, 0) is 18.9 Å². The fraction of sp³-hybridized carbons (Fsp3) is 0.545. The van der Waals surface area contributed by atoms with Gasteiger partial charge < -0.3 is 10.2 Å². The summed E-state index contributed by atoms with van der Waals surface area (Å²) in [7, 11) is 3.01. The number of hydrogen-bond acceptors (Lipinski definition) is 3. The van der Waals surface area contributed by atoms with E-state index in [-0.39, 0.29) is 11.7 Å².